The molecule has 2 saturated heterocycles. The van der Waals surface area contributed by atoms with Crippen molar-refractivity contribution in [2.45, 2.75) is 31.8 Å². The Labute approximate surface area is 142 Å². The molecule has 0 bridgehead atoms. The summed E-state index contributed by atoms with van der Waals surface area (Å²) in [5.74, 6) is 1.69. The van der Waals surface area contributed by atoms with E-state index in [-0.39, 0.29) is 35.1 Å². The third kappa shape index (κ3) is 3.97. The fourth-order valence-electron chi connectivity index (χ4n) is 3.27. The minimum absolute atomic E-state index is 0.109. The van der Waals surface area contributed by atoms with Crippen LogP contribution in [0.15, 0.2) is 12.3 Å². The minimum Gasteiger partial charge on any atom is -0.366 e. The molecule has 24 heavy (non-hydrogen) atoms. The molecule has 1 aromatic heterocycles. The summed E-state index contributed by atoms with van der Waals surface area (Å²) in [4.78, 5) is 10.6. The molecule has 1 N–H and O–H groups in total. The molecular weight excluding hydrogens is 352 g/mol. The van der Waals surface area contributed by atoms with E-state index < -0.39 is 19.7 Å². The first-order valence-corrected chi connectivity index (χ1v) is 11.7. The Balaban J connectivity index is 1.74. The standard InChI is InChI=1S/C14H22N4O4S2/c1-2-18(12-5-8-24(21,22)10-12)14-15-6-3-13(17-14)16-11-4-7-23(19,20)9-11/h3,6,11-12H,2,4-5,7-10H2,1H3,(H,15,16,17). The first kappa shape index (κ1) is 17.4. The van der Waals surface area contributed by atoms with Crippen LogP contribution < -0.4 is 10.2 Å². The zero-order valence-corrected chi connectivity index (χ0v) is 15.2. The highest BCUT2D eigenvalue weighted by Crippen LogP contribution is 2.23. The molecule has 3 rings (SSSR count). The van der Waals surface area contributed by atoms with Crippen LogP contribution in [0.2, 0.25) is 0 Å². The molecule has 10 heteroatoms. The molecule has 0 spiro atoms. The van der Waals surface area contributed by atoms with Crippen LogP contribution in [0, 0.1) is 0 Å². The van der Waals surface area contributed by atoms with Gasteiger partial charge in [-0.3, -0.25) is 0 Å². The number of rotatable bonds is 5. The van der Waals surface area contributed by atoms with E-state index in [1.165, 1.54) is 0 Å². The maximum Gasteiger partial charge on any atom is 0.227 e. The Bertz CT molecular complexity index is 810. The molecule has 2 atom stereocenters. The summed E-state index contributed by atoms with van der Waals surface area (Å²) in [5, 5.41) is 3.15. The third-order valence-electron chi connectivity index (χ3n) is 4.47. The van der Waals surface area contributed by atoms with E-state index in [1.807, 2.05) is 11.8 Å². The van der Waals surface area contributed by atoms with Crippen LogP contribution in [0.3, 0.4) is 0 Å². The maximum atomic E-state index is 11.7. The summed E-state index contributed by atoms with van der Waals surface area (Å²) in [6, 6.07) is 1.45. The molecule has 1 aromatic rings. The predicted octanol–water partition coefficient (Wildman–Crippen LogP) is 0.0890. The van der Waals surface area contributed by atoms with Gasteiger partial charge in [-0.25, -0.2) is 21.8 Å². The van der Waals surface area contributed by atoms with Crippen molar-refractivity contribution in [1.82, 2.24) is 9.97 Å². The summed E-state index contributed by atoms with van der Waals surface area (Å²) >= 11 is 0. The van der Waals surface area contributed by atoms with Crippen LogP contribution in [0.4, 0.5) is 11.8 Å². The van der Waals surface area contributed by atoms with E-state index >= 15 is 0 Å². The molecule has 8 nitrogen and oxygen atoms in total. The molecule has 134 valence electrons. The number of nitrogens with zero attached hydrogens (tertiary/aromatic N) is 3. The Kier molecular flexibility index (Phi) is 4.69. The predicted molar refractivity (Wildman–Crippen MR) is 92.8 cm³/mol. The normalized spacial score (nSPS) is 27.9. The third-order valence-corrected chi connectivity index (χ3v) is 7.99. The van der Waals surface area contributed by atoms with Gasteiger partial charge in [0.1, 0.15) is 5.82 Å². The SMILES string of the molecule is CCN(c1nccc(NC2CCS(=O)(=O)C2)n1)C1CCS(=O)(=O)C1. The molecule has 2 aliphatic heterocycles. The number of hydrogen-bond donors (Lipinski definition) is 1. The van der Waals surface area contributed by atoms with E-state index in [1.54, 1.807) is 12.3 Å². The van der Waals surface area contributed by atoms with Crippen LogP contribution in [0.5, 0.6) is 0 Å². The summed E-state index contributed by atoms with van der Waals surface area (Å²) in [5.41, 5.74) is 0. The molecule has 2 aliphatic rings. The monoisotopic (exact) mass is 374 g/mol. The van der Waals surface area contributed by atoms with Crippen molar-refractivity contribution < 1.29 is 16.8 Å². The van der Waals surface area contributed by atoms with Gasteiger partial charge in [0.05, 0.1) is 23.0 Å². The molecule has 0 radical (unpaired) electrons. The number of aromatic nitrogens is 2. The quantitative estimate of drug-likeness (QED) is 0.772. The van der Waals surface area contributed by atoms with E-state index in [0.717, 1.165) is 0 Å². The Morgan fingerprint density at radius 1 is 1.17 bits per heavy atom. The van der Waals surface area contributed by atoms with Crippen molar-refractivity contribution in [1.29, 1.82) is 0 Å². The van der Waals surface area contributed by atoms with Gasteiger partial charge >= 0.3 is 0 Å². The van der Waals surface area contributed by atoms with Gasteiger partial charge in [0.25, 0.3) is 0 Å². The summed E-state index contributed by atoms with van der Waals surface area (Å²) in [6.45, 7) is 2.55. The van der Waals surface area contributed by atoms with Crippen molar-refractivity contribution in [2.75, 3.05) is 39.8 Å². The van der Waals surface area contributed by atoms with Crippen molar-refractivity contribution in [3.63, 3.8) is 0 Å². The zero-order chi connectivity index (χ0) is 17.4. The number of nitrogens with one attached hydrogen (secondary N) is 1. The van der Waals surface area contributed by atoms with E-state index in [0.29, 0.717) is 31.2 Å². The second-order valence-corrected chi connectivity index (χ2v) is 10.8. The lowest BCUT2D eigenvalue weighted by atomic mass is 10.2. The van der Waals surface area contributed by atoms with E-state index in [2.05, 4.69) is 15.3 Å². The van der Waals surface area contributed by atoms with Gasteiger partial charge in [0, 0.05) is 24.8 Å². The lowest BCUT2D eigenvalue weighted by molar-refractivity contribution is 0.598. The first-order chi connectivity index (χ1) is 11.3. The topological polar surface area (TPSA) is 109 Å². The van der Waals surface area contributed by atoms with Gasteiger partial charge in [-0.15, -0.1) is 0 Å². The second-order valence-electron chi connectivity index (χ2n) is 6.33. The molecular formula is C14H22N4O4S2. The van der Waals surface area contributed by atoms with Gasteiger partial charge in [-0.05, 0) is 25.8 Å². The lowest BCUT2D eigenvalue weighted by Gasteiger charge is -2.27. The molecule has 3 heterocycles. The number of anilines is 2. The zero-order valence-electron chi connectivity index (χ0n) is 13.6. The Morgan fingerprint density at radius 3 is 2.46 bits per heavy atom. The average Bonchev–Trinajstić information content (AvgIpc) is 3.02. The summed E-state index contributed by atoms with van der Waals surface area (Å²) in [6.07, 6.45) is 2.76. The maximum absolute atomic E-state index is 11.7. The van der Waals surface area contributed by atoms with Crippen molar-refractivity contribution in [3.05, 3.63) is 12.3 Å². The van der Waals surface area contributed by atoms with Gasteiger partial charge in [-0.1, -0.05) is 0 Å². The molecule has 0 amide bonds. The second kappa shape index (κ2) is 6.47. The van der Waals surface area contributed by atoms with Crippen LogP contribution in [-0.2, 0) is 19.7 Å². The molecule has 0 saturated carbocycles. The highest BCUT2D eigenvalue weighted by molar-refractivity contribution is 7.91. The van der Waals surface area contributed by atoms with Gasteiger partial charge < -0.3 is 10.2 Å². The molecule has 2 unspecified atom stereocenters. The van der Waals surface area contributed by atoms with E-state index in [4.69, 9.17) is 0 Å². The molecule has 0 aromatic carbocycles. The number of sulfone groups is 2. The fraction of sp³-hybridized carbons (Fsp3) is 0.714. The van der Waals surface area contributed by atoms with Gasteiger partial charge in [0.2, 0.25) is 5.95 Å². The minimum atomic E-state index is -2.98. The van der Waals surface area contributed by atoms with Crippen molar-refractivity contribution in [3.8, 4) is 0 Å². The Morgan fingerprint density at radius 2 is 1.88 bits per heavy atom. The number of hydrogen-bond acceptors (Lipinski definition) is 8. The highest BCUT2D eigenvalue weighted by atomic mass is 32.2. The summed E-state index contributed by atoms with van der Waals surface area (Å²) in [7, 11) is -5.94. The highest BCUT2D eigenvalue weighted by Gasteiger charge is 2.33. The lowest BCUT2D eigenvalue weighted by Crippen LogP contribution is -2.37. The summed E-state index contributed by atoms with van der Waals surface area (Å²) < 4.78 is 46.5. The van der Waals surface area contributed by atoms with Crippen LogP contribution in [-0.4, -0.2) is 68.4 Å². The average molecular weight is 374 g/mol. The van der Waals surface area contributed by atoms with Crippen LogP contribution >= 0.6 is 0 Å². The van der Waals surface area contributed by atoms with Crippen molar-refractivity contribution >= 4 is 31.4 Å². The first-order valence-electron chi connectivity index (χ1n) is 8.05. The van der Waals surface area contributed by atoms with Gasteiger partial charge in [-0.2, -0.15) is 4.98 Å². The van der Waals surface area contributed by atoms with Crippen molar-refractivity contribution in [2.24, 2.45) is 0 Å². The largest absolute Gasteiger partial charge is 0.366 e. The Hall–Kier alpha value is -1.42. The molecule has 2 fully saturated rings. The van der Waals surface area contributed by atoms with Crippen LogP contribution in [0.1, 0.15) is 19.8 Å². The van der Waals surface area contributed by atoms with E-state index in [9.17, 15) is 16.8 Å². The molecule has 0 aliphatic carbocycles. The smallest absolute Gasteiger partial charge is 0.227 e. The van der Waals surface area contributed by atoms with Crippen LogP contribution in [0.25, 0.3) is 0 Å². The fourth-order valence-corrected chi connectivity index (χ4v) is 6.67. The van der Waals surface area contributed by atoms with Gasteiger partial charge in [0.15, 0.2) is 19.7 Å².